The van der Waals surface area contributed by atoms with E-state index in [1.807, 2.05) is 0 Å². The summed E-state index contributed by atoms with van der Waals surface area (Å²) in [6.45, 7) is 6.04. The van der Waals surface area contributed by atoms with Crippen LogP contribution in [0, 0.1) is 12.8 Å². The van der Waals surface area contributed by atoms with Crippen molar-refractivity contribution in [2.45, 2.75) is 27.2 Å². The monoisotopic (exact) mass is 154 g/mol. The maximum atomic E-state index is 9.11. The third-order valence-corrected chi connectivity index (χ3v) is 1.53. The lowest BCUT2D eigenvalue weighted by Crippen LogP contribution is -1.93. The molecule has 0 fully saturated rings. The van der Waals surface area contributed by atoms with Crippen molar-refractivity contribution in [2.24, 2.45) is 5.92 Å². The van der Waals surface area contributed by atoms with Crippen LogP contribution in [0.5, 0.6) is 0 Å². The summed E-state index contributed by atoms with van der Waals surface area (Å²) in [6.07, 6.45) is 2.59. The number of hydrogen-bond donors (Lipinski definition) is 1. The summed E-state index contributed by atoms with van der Waals surface area (Å²) in [5.41, 5.74) is 0.958. The molecule has 0 saturated carbocycles. The van der Waals surface area contributed by atoms with E-state index in [1.165, 1.54) is 0 Å². The molecule has 1 heterocycles. The molecule has 0 radical (unpaired) electrons. The number of aryl methyl sites for hydroxylation is 1. The first kappa shape index (κ1) is 8.11. The molecule has 11 heavy (non-hydrogen) atoms. The fraction of sp³-hybridized carbons (Fsp3) is 0.625. The molecule has 0 amide bonds. The summed E-state index contributed by atoms with van der Waals surface area (Å²) in [5.74, 6) is 1.24. The van der Waals surface area contributed by atoms with Crippen LogP contribution in [0.25, 0.3) is 0 Å². The predicted octanol–water partition coefficient (Wildman–Crippen LogP) is 1.63. The molecule has 0 aliphatic rings. The standard InChI is InChI=1S/C8H14N2O/c1-6(2)4-8-5-10(11)7(3)9-8/h5-6,11H,4H2,1-3H3. The van der Waals surface area contributed by atoms with E-state index >= 15 is 0 Å². The van der Waals surface area contributed by atoms with Gasteiger partial charge in [0.1, 0.15) is 5.82 Å². The zero-order chi connectivity index (χ0) is 8.43. The topological polar surface area (TPSA) is 38.0 Å². The predicted molar refractivity (Wildman–Crippen MR) is 42.7 cm³/mol. The summed E-state index contributed by atoms with van der Waals surface area (Å²) >= 11 is 0. The smallest absolute Gasteiger partial charge is 0.141 e. The maximum Gasteiger partial charge on any atom is 0.141 e. The number of nitrogens with zero attached hydrogens (tertiary/aromatic N) is 2. The average Bonchev–Trinajstić information content (AvgIpc) is 2.10. The van der Waals surface area contributed by atoms with Crippen molar-refractivity contribution >= 4 is 0 Å². The summed E-state index contributed by atoms with van der Waals surface area (Å²) in [6, 6.07) is 0. The summed E-state index contributed by atoms with van der Waals surface area (Å²) in [7, 11) is 0. The van der Waals surface area contributed by atoms with E-state index in [4.69, 9.17) is 5.21 Å². The summed E-state index contributed by atoms with van der Waals surface area (Å²) in [4.78, 5) is 4.16. The highest BCUT2D eigenvalue weighted by molar-refractivity contribution is 5.01. The van der Waals surface area contributed by atoms with Gasteiger partial charge in [0.05, 0.1) is 11.9 Å². The van der Waals surface area contributed by atoms with Crippen LogP contribution >= 0.6 is 0 Å². The molecule has 0 spiro atoms. The van der Waals surface area contributed by atoms with Gasteiger partial charge in [-0.05, 0) is 19.3 Å². The van der Waals surface area contributed by atoms with Crippen LogP contribution in [0.2, 0.25) is 0 Å². The Morgan fingerprint density at radius 2 is 2.27 bits per heavy atom. The van der Waals surface area contributed by atoms with E-state index < -0.39 is 0 Å². The first-order chi connectivity index (χ1) is 5.09. The number of rotatable bonds is 2. The molecule has 1 aromatic heterocycles. The van der Waals surface area contributed by atoms with Crippen molar-refractivity contribution < 1.29 is 5.21 Å². The average molecular weight is 154 g/mol. The third-order valence-electron chi connectivity index (χ3n) is 1.53. The molecular formula is C8H14N2O. The Kier molecular flexibility index (Phi) is 2.17. The van der Waals surface area contributed by atoms with Crippen molar-refractivity contribution in [3.8, 4) is 0 Å². The van der Waals surface area contributed by atoms with E-state index in [-0.39, 0.29) is 0 Å². The van der Waals surface area contributed by atoms with E-state index in [1.54, 1.807) is 13.1 Å². The molecule has 3 heteroatoms. The molecule has 0 aromatic carbocycles. The fourth-order valence-corrected chi connectivity index (χ4v) is 1.04. The molecule has 0 unspecified atom stereocenters. The molecule has 0 saturated heterocycles. The third kappa shape index (κ3) is 1.97. The first-order valence-corrected chi connectivity index (χ1v) is 3.83. The molecule has 0 aliphatic heterocycles. The molecule has 0 aliphatic carbocycles. The minimum Gasteiger partial charge on any atom is -0.427 e. The highest BCUT2D eigenvalue weighted by atomic mass is 16.5. The van der Waals surface area contributed by atoms with Gasteiger partial charge in [-0.15, -0.1) is 0 Å². The Labute approximate surface area is 66.6 Å². The van der Waals surface area contributed by atoms with Gasteiger partial charge < -0.3 is 5.21 Å². The quantitative estimate of drug-likeness (QED) is 0.657. The Balaban J connectivity index is 2.73. The molecule has 1 rings (SSSR count). The van der Waals surface area contributed by atoms with Crippen LogP contribution < -0.4 is 0 Å². The van der Waals surface area contributed by atoms with Gasteiger partial charge in [0.25, 0.3) is 0 Å². The van der Waals surface area contributed by atoms with Gasteiger partial charge in [-0.25, -0.2) is 4.98 Å². The number of hydrogen-bond acceptors (Lipinski definition) is 2. The molecule has 3 nitrogen and oxygen atoms in total. The van der Waals surface area contributed by atoms with Gasteiger partial charge in [-0.2, -0.15) is 4.73 Å². The summed E-state index contributed by atoms with van der Waals surface area (Å²) < 4.78 is 1.07. The van der Waals surface area contributed by atoms with Crippen molar-refractivity contribution in [1.82, 2.24) is 9.71 Å². The zero-order valence-electron chi connectivity index (χ0n) is 7.20. The van der Waals surface area contributed by atoms with Gasteiger partial charge in [0.2, 0.25) is 0 Å². The summed E-state index contributed by atoms with van der Waals surface area (Å²) in [5, 5.41) is 9.11. The van der Waals surface area contributed by atoms with Crippen molar-refractivity contribution in [3.05, 3.63) is 17.7 Å². The van der Waals surface area contributed by atoms with Crippen molar-refractivity contribution in [3.63, 3.8) is 0 Å². The van der Waals surface area contributed by atoms with Crippen LogP contribution in [0.3, 0.4) is 0 Å². The van der Waals surface area contributed by atoms with Crippen molar-refractivity contribution in [1.29, 1.82) is 0 Å². The maximum absolute atomic E-state index is 9.11. The molecule has 0 bridgehead atoms. The largest absolute Gasteiger partial charge is 0.427 e. The zero-order valence-corrected chi connectivity index (χ0v) is 7.20. The highest BCUT2D eigenvalue weighted by Crippen LogP contribution is 2.06. The second-order valence-electron chi connectivity index (χ2n) is 3.22. The van der Waals surface area contributed by atoms with Gasteiger partial charge in [-0.3, -0.25) is 0 Å². The highest BCUT2D eigenvalue weighted by Gasteiger charge is 2.03. The second-order valence-corrected chi connectivity index (χ2v) is 3.22. The lowest BCUT2D eigenvalue weighted by Gasteiger charge is -1.97. The van der Waals surface area contributed by atoms with E-state index in [0.717, 1.165) is 16.8 Å². The van der Waals surface area contributed by atoms with Gasteiger partial charge in [0.15, 0.2) is 0 Å². The Hall–Kier alpha value is -0.990. The Bertz CT molecular complexity index is 221. The SMILES string of the molecule is Cc1nc(CC(C)C)cn1O. The van der Waals surface area contributed by atoms with E-state index in [9.17, 15) is 0 Å². The normalized spacial score (nSPS) is 10.9. The van der Waals surface area contributed by atoms with Crippen LogP contribution in [0.4, 0.5) is 0 Å². The number of aromatic nitrogens is 2. The molecule has 1 aromatic rings. The minimum atomic E-state index is 0.587. The van der Waals surface area contributed by atoms with E-state index in [0.29, 0.717) is 11.7 Å². The van der Waals surface area contributed by atoms with E-state index in [2.05, 4.69) is 18.8 Å². The molecular weight excluding hydrogens is 140 g/mol. The molecule has 1 N–H and O–H groups in total. The van der Waals surface area contributed by atoms with Gasteiger partial charge in [-0.1, -0.05) is 13.8 Å². The Morgan fingerprint density at radius 3 is 2.64 bits per heavy atom. The van der Waals surface area contributed by atoms with Crippen LogP contribution in [0.15, 0.2) is 6.20 Å². The number of imidazole rings is 1. The van der Waals surface area contributed by atoms with Crippen LogP contribution in [-0.4, -0.2) is 14.9 Å². The second kappa shape index (κ2) is 2.95. The van der Waals surface area contributed by atoms with Crippen LogP contribution in [0.1, 0.15) is 25.4 Å². The van der Waals surface area contributed by atoms with Gasteiger partial charge >= 0.3 is 0 Å². The molecule has 0 atom stereocenters. The van der Waals surface area contributed by atoms with Crippen LogP contribution in [-0.2, 0) is 6.42 Å². The lowest BCUT2D eigenvalue weighted by molar-refractivity contribution is 0.178. The minimum absolute atomic E-state index is 0.587. The van der Waals surface area contributed by atoms with Crippen molar-refractivity contribution in [2.75, 3.05) is 0 Å². The van der Waals surface area contributed by atoms with Gasteiger partial charge in [0, 0.05) is 0 Å². The molecule has 62 valence electrons. The fourth-order valence-electron chi connectivity index (χ4n) is 1.04. The Morgan fingerprint density at radius 1 is 1.64 bits per heavy atom. The first-order valence-electron chi connectivity index (χ1n) is 3.83. The lowest BCUT2D eigenvalue weighted by atomic mass is 10.1.